The van der Waals surface area contributed by atoms with Crippen molar-refractivity contribution in [2.24, 2.45) is 0 Å². The standard InChI is InChI=1S/C20H17N3O5/c1-27-15-5-2-13(3-6-15)11-23-18(25)8-9-22(20(23)26)19-16-10-14(12-24)4-7-17(16)28-21-19/h2-7,10,12H,8-9,11H2,1H3. The minimum atomic E-state index is -0.473. The third kappa shape index (κ3) is 3.09. The summed E-state index contributed by atoms with van der Waals surface area (Å²) in [4.78, 5) is 39.1. The molecule has 8 heteroatoms. The summed E-state index contributed by atoms with van der Waals surface area (Å²) in [6, 6.07) is 11.5. The Bertz CT molecular complexity index is 1060. The highest BCUT2D eigenvalue weighted by Crippen LogP contribution is 2.30. The Morgan fingerprint density at radius 2 is 1.96 bits per heavy atom. The van der Waals surface area contributed by atoms with Crippen LogP contribution in [0.3, 0.4) is 0 Å². The molecule has 142 valence electrons. The molecular weight excluding hydrogens is 362 g/mol. The van der Waals surface area contributed by atoms with Crippen molar-refractivity contribution in [1.29, 1.82) is 0 Å². The number of methoxy groups -OCH3 is 1. The minimum absolute atomic E-state index is 0.146. The van der Waals surface area contributed by atoms with Gasteiger partial charge in [0.25, 0.3) is 0 Å². The van der Waals surface area contributed by atoms with Crippen molar-refractivity contribution in [2.45, 2.75) is 13.0 Å². The summed E-state index contributed by atoms with van der Waals surface area (Å²) in [5, 5.41) is 4.55. The smallest absolute Gasteiger partial charge is 0.332 e. The SMILES string of the molecule is COc1ccc(CN2C(=O)CCN(c3noc4ccc(C=O)cc34)C2=O)cc1. The van der Waals surface area contributed by atoms with Gasteiger partial charge in [0, 0.05) is 18.5 Å². The van der Waals surface area contributed by atoms with Crippen molar-refractivity contribution in [3.05, 3.63) is 53.6 Å². The molecule has 3 amide bonds. The van der Waals surface area contributed by atoms with Crippen LogP contribution >= 0.6 is 0 Å². The van der Waals surface area contributed by atoms with Crippen LogP contribution in [0, 0.1) is 0 Å². The highest BCUT2D eigenvalue weighted by molar-refractivity contribution is 6.08. The summed E-state index contributed by atoms with van der Waals surface area (Å²) in [5.41, 5.74) is 1.72. The van der Waals surface area contributed by atoms with E-state index in [1.54, 1.807) is 49.6 Å². The van der Waals surface area contributed by atoms with Crippen molar-refractivity contribution in [2.75, 3.05) is 18.6 Å². The van der Waals surface area contributed by atoms with Crippen LogP contribution in [-0.2, 0) is 11.3 Å². The van der Waals surface area contributed by atoms with E-state index in [0.717, 1.165) is 5.56 Å². The van der Waals surface area contributed by atoms with Crippen LogP contribution in [0.15, 0.2) is 47.0 Å². The number of imide groups is 1. The van der Waals surface area contributed by atoms with Gasteiger partial charge in [-0.1, -0.05) is 17.3 Å². The summed E-state index contributed by atoms with van der Waals surface area (Å²) in [7, 11) is 1.57. The molecule has 4 rings (SSSR count). The Labute approximate surface area is 160 Å². The minimum Gasteiger partial charge on any atom is -0.497 e. The lowest BCUT2D eigenvalue weighted by Crippen LogP contribution is -2.52. The molecule has 2 aromatic carbocycles. The number of fused-ring (bicyclic) bond motifs is 1. The number of carbonyl (C=O) groups is 3. The Hall–Kier alpha value is -3.68. The number of anilines is 1. The number of aromatic nitrogens is 1. The summed E-state index contributed by atoms with van der Waals surface area (Å²) < 4.78 is 10.4. The molecule has 0 N–H and O–H groups in total. The third-order valence-electron chi connectivity index (χ3n) is 4.68. The Morgan fingerprint density at radius 1 is 1.18 bits per heavy atom. The van der Waals surface area contributed by atoms with Gasteiger partial charge in [0.2, 0.25) is 5.91 Å². The predicted molar refractivity (Wildman–Crippen MR) is 100 cm³/mol. The summed E-state index contributed by atoms with van der Waals surface area (Å²) in [6.07, 6.45) is 0.886. The van der Waals surface area contributed by atoms with Crippen LogP contribution in [0.1, 0.15) is 22.3 Å². The summed E-state index contributed by atoms with van der Waals surface area (Å²) in [5.74, 6) is 0.746. The topological polar surface area (TPSA) is 92.9 Å². The Balaban J connectivity index is 1.63. The average Bonchev–Trinajstić information content (AvgIpc) is 3.14. The maximum atomic E-state index is 13.0. The highest BCUT2D eigenvalue weighted by Gasteiger charge is 2.35. The number of rotatable bonds is 5. The number of amides is 3. The van der Waals surface area contributed by atoms with Gasteiger partial charge < -0.3 is 9.26 Å². The quantitative estimate of drug-likeness (QED) is 0.633. The monoisotopic (exact) mass is 379 g/mol. The molecule has 0 radical (unpaired) electrons. The van der Waals surface area contributed by atoms with E-state index in [4.69, 9.17) is 9.26 Å². The van der Waals surface area contributed by atoms with Crippen LogP contribution in [-0.4, -0.2) is 41.9 Å². The Kier molecular flexibility index (Phi) is 4.52. The molecule has 0 unspecified atom stereocenters. The van der Waals surface area contributed by atoms with E-state index in [2.05, 4.69) is 5.16 Å². The zero-order valence-corrected chi connectivity index (χ0v) is 15.1. The second kappa shape index (κ2) is 7.15. The fraction of sp³-hybridized carbons (Fsp3) is 0.200. The van der Waals surface area contributed by atoms with Crippen LogP contribution in [0.25, 0.3) is 11.0 Å². The highest BCUT2D eigenvalue weighted by atomic mass is 16.5. The molecular formula is C20H17N3O5. The number of ether oxygens (including phenoxy) is 1. The third-order valence-corrected chi connectivity index (χ3v) is 4.68. The average molecular weight is 379 g/mol. The van der Waals surface area contributed by atoms with Crippen molar-refractivity contribution >= 4 is 35.0 Å². The number of aldehydes is 1. The fourth-order valence-electron chi connectivity index (χ4n) is 3.17. The summed E-state index contributed by atoms with van der Waals surface area (Å²) in [6.45, 7) is 0.345. The number of nitrogens with zero attached hydrogens (tertiary/aromatic N) is 3. The molecule has 1 aromatic heterocycles. The van der Waals surface area contributed by atoms with Crippen LogP contribution in [0.5, 0.6) is 5.75 Å². The molecule has 0 bridgehead atoms. The van der Waals surface area contributed by atoms with Gasteiger partial charge in [-0.25, -0.2) is 4.79 Å². The van der Waals surface area contributed by atoms with E-state index in [1.807, 2.05) is 0 Å². The van der Waals surface area contributed by atoms with Gasteiger partial charge in [0.1, 0.15) is 12.0 Å². The zero-order valence-electron chi connectivity index (χ0n) is 15.1. The van der Waals surface area contributed by atoms with Gasteiger partial charge in [0.15, 0.2) is 11.4 Å². The molecule has 0 atom stereocenters. The lowest BCUT2D eigenvalue weighted by molar-refractivity contribution is -0.129. The van der Waals surface area contributed by atoms with E-state index in [1.165, 1.54) is 9.80 Å². The molecule has 3 aromatic rings. The largest absolute Gasteiger partial charge is 0.497 e. The van der Waals surface area contributed by atoms with E-state index >= 15 is 0 Å². The lowest BCUT2D eigenvalue weighted by atomic mass is 10.1. The maximum Gasteiger partial charge on any atom is 0.332 e. The van der Waals surface area contributed by atoms with Crippen molar-refractivity contribution < 1.29 is 23.6 Å². The molecule has 1 fully saturated rings. The molecule has 0 spiro atoms. The van der Waals surface area contributed by atoms with Crippen LogP contribution in [0.4, 0.5) is 10.6 Å². The van der Waals surface area contributed by atoms with Gasteiger partial charge in [-0.2, -0.15) is 0 Å². The van der Waals surface area contributed by atoms with Crippen molar-refractivity contribution in [3.8, 4) is 5.75 Å². The molecule has 0 aliphatic carbocycles. The fourth-order valence-corrected chi connectivity index (χ4v) is 3.17. The van der Waals surface area contributed by atoms with Crippen molar-refractivity contribution in [1.82, 2.24) is 10.1 Å². The van der Waals surface area contributed by atoms with E-state index in [0.29, 0.717) is 34.4 Å². The normalized spacial score (nSPS) is 14.6. The van der Waals surface area contributed by atoms with Crippen molar-refractivity contribution in [3.63, 3.8) is 0 Å². The molecule has 28 heavy (non-hydrogen) atoms. The van der Waals surface area contributed by atoms with Gasteiger partial charge in [-0.05, 0) is 35.9 Å². The second-order valence-corrected chi connectivity index (χ2v) is 6.39. The van der Waals surface area contributed by atoms with Gasteiger partial charge in [0.05, 0.1) is 19.0 Å². The molecule has 1 saturated heterocycles. The number of urea groups is 1. The molecule has 1 aliphatic heterocycles. The van der Waals surface area contributed by atoms with Gasteiger partial charge in [-0.15, -0.1) is 0 Å². The van der Waals surface area contributed by atoms with Gasteiger partial charge >= 0.3 is 6.03 Å². The van der Waals surface area contributed by atoms with Gasteiger partial charge in [-0.3, -0.25) is 19.4 Å². The van der Waals surface area contributed by atoms with Crippen LogP contribution in [0.2, 0.25) is 0 Å². The Morgan fingerprint density at radius 3 is 2.68 bits per heavy atom. The molecule has 8 nitrogen and oxygen atoms in total. The maximum absolute atomic E-state index is 13.0. The summed E-state index contributed by atoms with van der Waals surface area (Å²) >= 11 is 0. The first-order chi connectivity index (χ1) is 13.6. The predicted octanol–water partition coefficient (Wildman–Crippen LogP) is 3.01. The van der Waals surface area contributed by atoms with Crippen LogP contribution < -0.4 is 9.64 Å². The number of hydrogen-bond donors (Lipinski definition) is 0. The lowest BCUT2D eigenvalue weighted by Gasteiger charge is -2.32. The number of benzene rings is 2. The van der Waals surface area contributed by atoms with E-state index < -0.39 is 6.03 Å². The second-order valence-electron chi connectivity index (χ2n) is 6.39. The molecule has 0 saturated carbocycles. The van der Waals surface area contributed by atoms with E-state index in [-0.39, 0.29) is 25.4 Å². The first kappa shape index (κ1) is 17.7. The zero-order chi connectivity index (χ0) is 19.7. The first-order valence-electron chi connectivity index (χ1n) is 8.70. The number of hydrogen-bond acceptors (Lipinski definition) is 6. The molecule has 1 aliphatic rings. The first-order valence-corrected chi connectivity index (χ1v) is 8.70. The number of carbonyl (C=O) groups excluding carboxylic acids is 3. The molecule has 2 heterocycles. The van der Waals surface area contributed by atoms with E-state index in [9.17, 15) is 14.4 Å².